The third-order valence-electron chi connectivity index (χ3n) is 3.15. The number of nitriles is 1. The van der Waals surface area contributed by atoms with E-state index in [1.54, 1.807) is 6.07 Å². The molecule has 0 spiro atoms. The van der Waals surface area contributed by atoms with E-state index in [1.807, 2.05) is 30.3 Å². The van der Waals surface area contributed by atoms with Crippen LogP contribution in [0.25, 0.3) is 6.08 Å². The van der Waals surface area contributed by atoms with Crippen LogP contribution in [0.4, 0.5) is 8.78 Å². The summed E-state index contributed by atoms with van der Waals surface area (Å²) >= 11 is 3.22. The first-order valence-corrected chi connectivity index (χ1v) is 7.97. The minimum atomic E-state index is -3.01. The molecule has 2 rings (SSSR count). The summed E-state index contributed by atoms with van der Waals surface area (Å²) in [6, 6.07) is 15.3. The second kappa shape index (κ2) is 8.94. The monoisotopic (exact) mass is 406 g/mol. The predicted octanol–water partition coefficient (Wildman–Crippen LogP) is 4.27. The number of rotatable bonds is 6. The highest BCUT2D eigenvalue weighted by atomic mass is 79.9. The van der Waals surface area contributed by atoms with Crippen LogP contribution in [0.15, 0.2) is 58.6 Å². The predicted molar refractivity (Wildman–Crippen MR) is 92.7 cm³/mol. The molecule has 1 N–H and O–H groups in total. The molecule has 0 bridgehead atoms. The number of hydrogen-bond donors (Lipinski definition) is 1. The minimum absolute atomic E-state index is 0.123. The van der Waals surface area contributed by atoms with Gasteiger partial charge < -0.3 is 10.1 Å². The summed E-state index contributed by atoms with van der Waals surface area (Å²) in [4.78, 5) is 12.2. The second-order valence-electron chi connectivity index (χ2n) is 4.90. The van der Waals surface area contributed by atoms with Gasteiger partial charge in [0.25, 0.3) is 5.91 Å². The molecular formula is C18H13BrF2N2O2. The van der Waals surface area contributed by atoms with Crippen LogP contribution in [0.2, 0.25) is 0 Å². The van der Waals surface area contributed by atoms with E-state index in [9.17, 15) is 18.8 Å². The highest BCUT2D eigenvalue weighted by molar-refractivity contribution is 9.10. The van der Waals surface area contributed by atoms with Crippen LogP contribution in [0.1, 0.15) is 11.1 Å². The fourth-order valence-corrected chi connectivity index (χ4v) is 2.39. The first kappa shape index (κ1) is 18.6. The lowest BCUT2D eigenvalue weighted by Gasteiger charge is -2.09. The molecule has 0 aliphatic carbocycles. The topological polar surface area (TPSA) is 62.1 Å². The van der Waals surface area contributed by atoms with Crippen molar-refractivity contribution in [2.45, 2.75) is 13.2 Å². The van der Waals surface area contributed by atoms with E-state index >= 15 is 0 Å². The van der Waals surface area contributed by atoms with E-state index in [2.05, 4.69) is 26.0 Å². The number of carbonyl (C=O) groups excluding carboxylic acids is 1. The summed E-state index contributed by atoms with van der Waals surface area (Å²) in [5, 5.41) is 11.8. The zero-order chi connectivity index (χ0) is 18.2. The Hall–Kier alpha value is -2.72. The van der Waals surface area contributed by atoms with Crippen molar-refractivity contribution in [1.29, 1.82) is 5.26 Å². The van der Waals surface area contributed by atoms with Crippen molar-refractivity contribution >= 4 is 27.9 Å². The standard InChI is InChI=1S/C18H13BrF2N2O2/c19-15-6-7-16(25-18(20)21)13(9-15)8-14(10-22)17(24)23-11-12-4-2-1-3-5-12/h1-9,18H,11H2,(H,23,24). The first-order valence-electron chi connectivity index (χ1n) is 7.18. The van der Waals surface area contributed by atoms with E-state index in [-0.39, 0.29) is 23.4 Å². The van der Waals surface area contributed by atoms with Crippen molar-refractivity contribution in [2.75, 3.05) is 0 Å². The van der Waals surface area contributed by atoms with Gasteiger partial charge in [-0.25, -0.2) is 0 Å². The number of carbonyl (C=O) groups is 1. The number of nitrogens with zero attached hydrogens (tertiary/aromatic N) is 1. The maximum Gasteiger partial charge on any atom is 0.387 e. The van der Waals surface area contributed by atoms with Crippen molar-refractivity contribution in [2.24, 2.45) is 0 Å². The lowest BCUT2D eigenvalue weighted by Crippen LogP contribution is -2.23. The zero-order valence-electron chi connectivity index (χ0n) is 12.9. The van der Waals surface area contributed by atoms with Crippen LogP contribution in [0.5, 0.6) is 5.75 Å². The Balaban J connectivity index is 2.20. The van der Waals surface area contributed by atoms with Gasteiger partial charge in [0.05, 0.1) is 0 Å². The summed E-state index contributed by atoms with van der Waals surface area (Å²) in [5.74, 6) is -0.726. The molecule has 7 heteroatoms. The Morgan fingerprint density at radius 2 is 2.00 bits per heavy atom. The molecular weight excluding hydrogens is 394 g/mol. The van der Waals surface area contributed by atoms with Gasteiger partial charge >= 0.3 is 6.61 Å². The van der Waals surface area contributed by atoms with Gasteiger partial charge in [0.1, 0.15) is 17.4 Å². The van der Waals surface area contributed by atoms with Crippen LogP contribution in [0, 0.1) is 11.3 Å². The van der Waals surface area contributed by atoms with Gasteiger partial charge in [-0.3, -0.25) is 4.79 Å². The molecule has 0 fully saturated rings. The van der Waals surface area contributed by atoms with Crippen molar-refractivity contribution in [3.05, 3.63) is 69.7 Å². The van der Waals surface area contributed by atoms with Crippen molar-refractivity contribution < 1.29 is 18.3 Å². The van der Waals surface area contributed by atoms with E-state index in [4.69, 9.17) is 0 Å². The Labute approximate surface area is 151 Å². The van der Waals surface area contributed by atoms with E-state index in [0.29, 0.717) is 4.47 Å². The Morgan fingerprint density at radius 3 is 2.64 bits per heavy atom. The average molecular weight is 407 g/mol. The van der Waals surface area contributed by atoms with Crippen LogP contribution < -0.4 is 10.1 Å². The van der Waals surface area contributed by atoms with Gasteiger partial charge in [0.2, 0.25) is 0 Å². The molecule has 0 heterocycles. The lowest BCUT2D eigenvalue weighted by atomic mass is 10.1. The fraction of sp³-hybridized carbons (Fsp3) is 0.111. The van der Waals surface area contributed by atoms with Gasteiger partial charge in [-0.05, 0) is 29.8 Å². The highest BCUT2D eigenvalue weighted by Crippen LogP contribution is 2.27. The third kappa shape index (κ3) is 5.69. The Morgan fingerprint density at radius 1 is 1.28 bits per heavy atom. The fourth-order valence-electron chi connectivity index (χ4n) is 2.01. The normalized spacial score (nSPS) is 11.1. The molecule has 2 aromatic rings. The second-order valence-corrected chi connectivity index (χ2v) is 5.81. The molecule has 0 unspecified atom stereocenters. The molecule has 4 nitrogen and oxygen atoms in total. The molecule has 0 atom stereocenters. The maximum absolute atomic E-state index is 12.5. The van der Waals surface area contributed by atoms with Crippen LogP contribution >= 0.6 is 15.9 Å². The summed E-state index contributed by atoms with van der Waals surface area (Å²) in [7, 11) is 0. The minimum Gasteiger partial charge on any atom is -0.434 e. The summed E-state index contributed by atoms with van der Waals surface area (Å²) < 4.78 is 30.0. The van der Waals surface area contributed by atoms with Crippen LogP contribution in [-0.4, -0.2) is 12.5 Å². The molecule has 0 saturated carbocycles. The van der Waals surface area contributed by atoms with Crippen LogP contribution in [-0.2, 0) is 11.3 Å². The Kier molecular flexibility index (Phi) is 6.66. The molecule has 0 aliphatic heterocycles. The summed E-state index contributed by atoms with van der Waals surface area (Å²) in [5.41, 5.74) is 0.853. The summed E-state index contributed by atoms with van der Waals surface area (Å²) in [6.07, 6.45) is 1.21. The Bertz CT molecular complexity index is 818. The smallest absolute Gasteiger partial charge is 0.387 e. The van der Waals surface area contributed by atoms with E-state index < -0.39 is 12.5 Å². The molecule has 128 valence electrons. The van der Waals surface area contributed by atoms with Gasteiger partial charge in [-0.15, -0.1) is 0 Å². The van der Waals surface area contributed by atoms with Gasteiger partial charge in [-0.1, -0.05) is 46.3 Å². The molecule has 0 aliphatic rings. The molecule has 2 aromatic carbocycles. The number of halogens is 3. The highest BCUT2D eigenvalue weighted by Gasteiger charge is 2.13. The SMILES string of the molecule is N#CC(=Cc1cc(Br)ccc1OC(F)F)C(=O)NCc1ccccc1. The number of hydrogen-bond acceptors (Lipinski definition) is 3. The number of ether oxygens (including phenoxy) is 1. The number of amides is 1. The van der Waals surface area contributed by atoms with E-state index in [1.165, 1.54) is 24.3 Å². The number of alkyl halides is 2. The first-order chi connectivity index (χ1) is 12.0. The molecule has 0 saturated heterocycles. The molecule has 0 radical (unpaired) electrons. The van der Waals surface area contributed by atoms with Gasteiger partial charge in [0, 0.05) is 16.6 Å². The third-order valence-corrected chi connectivity index (χ3v) is 3.64. The maximum atomic E-state index is 12.5. The van der Waals surface area contributed by atoms with Gasteiger partial charge in [-0.2, -0.15) is 14.0 Å². The average Bonchev–Trinajstić information content (AvgIpc) is 2.60. The quantitative estimate of drug-likeness (QED) is 0.575. The van der Waals surface area contributed by atoms with Gasteiger partial charge in [0.15, 0.2) is 0 Å². The lowest BCUT2D eigenvalue weighted by molar-refractivity contribution is -0.117. The molecule has 1 amide bonds. The van der Waals surface area contributed by atoms with Crippen molar-refractivity contribution in [3.63, 3.8) is 0 Å². The largest absolute Gasteiger partial charge is 0.434 e. The van der Waals surface area contributed by atoms with E-state index in [0.717, 1.165) is 5.56 Å². The molecule has 25 heavy (non-hydrogen) atoms. The van der Waals surface area contributed by atoms with Crippen LogP contribution in [0.3, 0.4) is 0 Å². The van der Waals surface area contributed by atoms with Crippen molar-refractivity contribution in [1.82, 2.24) is 5.32 Å². The number of nitrogens with one attached hydrogen (secondary N) is 1. The van der Waals surface area contributed by atoms with Crippen molar-refractivity contribution in [3.8, 4) is 11.8 Å². The number of benzene rings is 2. The summed E-state index contributed by atoms with van der Waals surface area (Å²) in [6.45, 7) is -2.76. The zero-order valence-corrected chi connectivity index (χ0v) is 14.5. The molecule has 0 aromatic heterocycles.